The fourth-order valence-electron chi connectivity index (χ4n) is 3.91. The molecule has 0 saturated carbocycles. The molecule has 0 aliphatic heterocycles. The molecule has 180 valence electrons. The minimum atomic E-state index is -0.910. The molecule has 0 spiro atoms. The average molecular weight is 474 g/mol. The number of nitrogens with zero attached hydrogens (tertiary/aromatic N) is 1. The topological polar surface area (TPSA) is 87.0 Å². The van der Waals surface area contributed by atoms with Crippen LogP contribution in [-0.4, -0.2) is 48.0 Å². The van der Waals surface area contributed by atoms with E-state index in [-0.39, 0.29) is 18.4 Å². The SMILES string of the molecule is COC(COc1ccccc1)COc1ccc(C(=O)n2c(C)cc3c(CC(=O)O)cccc32)cc1. The third-order valence-electron chi connectivity index (χ3n) is 5.71. The Labute approximate surface area is 203 Å². The molecule has 1 N–H and O–H groups in total. The molecule has 0 aliphatic carbocycles. The highest BCUT2D eigenvalue weighted by Gasteiger charge is 2.17. The van der Waals surface area contributed by atoms with E-state index in [0.717, 1.165) is 16.8 Å². The Morgan fingerprint density at radius 2 is 1.54 bits per heavy atom. The summed E-state index contributed by atoms with van der Waals surface area (Å²) in [6, 6.07) is 23.6. The van der Waals surface area contributed by atoms with Crippen LogP contribution in [0.1, 0.15) is 21.6 Å². The van der Waals surface area contributed by atoms with Gasteiger partial charge in [-0.15, -0.1) is 0 Å². The van der Waals surface area contributed by atoms with Gasteiger partial charge in [0.2, 0.25) is 0 Å². The summed E-state index contributed by atoms with van der Waals surface area (Å²) in [5.74, 6) is 0.274. The molecule has 0 amide bonds. The molecule has 0 saturated heterocycles. The number of fused-ring (bicyclic) bond motifs is 1. The number of carboxylic acid groups (broad SMARTS) is 1. The van der Waals surface area contributed by atoms with Gasteiger partial charge in [-0.1, -0.05) is 30.3 Å². The van der Waals surface area contributed by atoms with Crippen molar-refractivity contribution in [3.8, 4) is 11.5 Å². The first-order chi connectivity index (χ1) is 17.0. The van der Waals surface area contributed by atoms with Crippen LogP contribution in [0.4, 0.5) is 0 Å². The summed E-state index contributed by atoms with van der Waals surface area (Å²) in [6.07, 6.45) is -0.356. The van der Waals surface area contributed by atoms with Crippen LogP contribution in [0.5, 0.6) is 11.5 Å². The van der Waals surface area contributed by atoms with Crippen molar-refractivity contribution >= 4 is 22.8 Å². The number of benzene rings is 3. The summed E-state index contributed by atoms with van der Waals surface area (Å²) < 4.78 is 18.6. The molecule has 0 radical (unpaired) electrons. The van der Waals surface area contributed by atoms with Gasteiger partial charge in [-0.25, -0.2) is 0 Å². The van der Waals surface area contributed by atoms with Crippen LogP contribution in [0.2, 0.25) is 0 Å². The second-order valence-electron chi connectivity index (χ2n) is 8.16. The van der Waals surface area contributed by atoms with Crippen molar-refractivity contribution in [2.45, 2.75) is 19.4 Å². The summed E-state index contributed by atoms with van der Waals surface area (Å²) in [5.41, 5.74) is 2.60. The molecule has 4 rings (SSSR count). The average Bonchev–Trinajstić information content (AvgIpc) is 3.21. The number of rotatable bonds is 10. The molecular formula is C28H27NO6. The van der Waals surface area contributed by atoms with E-state index in [2.05, 4.69) is 0 Å². The smallest absolute Gasteiger partial charge is 0.307 e. The first-order valence-corrected chi connectivity index (χ1v) is 11.3. The van der Waals surface area contributed by atoms with Crippen LogP contribution in [0, 0.1) is 6.92 Å². The molecule has 7 nitrogen and oxygen atoms in total. The van der Waals surface area contributed by atoms with Crippen molar-refractivity contribution in [3.05, 3.63) is 95.7 Å². The van der Waals surface area contributed by atoms with Gasteiger partial charge in [0.1, 0.15) is 30.8 Å². The molecular weight excluding hydrogens is 446 g/mol. The molecule has 0 bridgehead atoms. The van der Waals surface area contributed by atoms with Crippen LogP contribution in [0.15, 0.2) is 78.9 Å². The first-order valence-electron chi connectivity index (χ1n) is 11.3. The normalized spacial score (nSPS) is 11.8. The Hall–Kier alpha value is -4.10. The second-order valence-corrected chi connectivity index (χ2v) is 8.16. The maximum Gasteiger partial charge on any atom is 0.307 e. The summed E-state index contributed by atoms with van der Waals surface area (Å²) in [5, 5.41) is 9.96. The van der Waals surface area contributed by atoms with Gasteiger partial charge in [0.05, 0.1) is 11.9 Å². The van der Waals surface area contributed by atoms with E-state index >= 15 is 0 Å². The number of hydrogen-bond acceptors (Lipinski definition) is 5. The van der Waals surface area contributed by atoms with Crippen molar-refractivity contribution in [3.63, 3.8) is 0 Å². The molecule has 1 atom stereocenters. The van der Waals surface area contributed by atoms with E-state index < -0.39 is 5.97 Å². The number of carboxylic acids is 1. The summed E-state index contributed by atoms with van der Waals surface area (Å²) in [7, 11) is 1.61. The van der Waals surface area contributed by atoms with E-state index in [0.29, 0.717) is 35.6 Å². The van der Waals surface area contributed by atoms with Crippen molar-refractivity contribution in [1.29, 1.82) is 0 Å². The highest BCUT2D eigenvalue weighted by atomic mass is 16.6. The Kier molecular flexibility index (Phi) is 7.48. The van der Waals surface area contributed by atoms with Gasteiger partial charge < -0.3 is 19.3 Å². The largest absolute Gasteiger partial charge is 0.491 e. The zero-order valence-corrected chi connectivity index (χ0v) is 19.6. The number of aromatic nitrogens is 1. The van der Waals surface area contributed by atoms with Crippen molar-refractivity contribution in [2.75, 3.05) is 20.3 Å². The Morgan fingerprint density at radius 1 is 0.886 bits per heavy atom. The third kappa shape index (κ3) is 5.70. The lowest BCUT2D eigenvalue weighted by atomic mass is 10.1. The fourth-order valence-corrected chi connectivity index (χ4v) is 3.91. The maximum absolute atomic E-state index is 13.3. The number of aryl methyl sites for hydroxylation is 1. The van der Waals surface area contributed by atoms with Crippen LogP contribution in [0.25, 0.3) is 10.9 Å². The van der Waals surface area contributed by atoms with Gasteiger partial charge in [0.25, 0.3) is 5.91 Å². The predicted octanol–water partition coefficient (Wildman–Crippen LogP) is 4.74. The molecule has 1 unspecified atom stereocenters. The summed E-state index contributed by atoms with van der Waals surface area (Å²) in [6.45, 7) is 2.48. The first kappa shape index (κ1) is 24.0. The Bertz CT molecular complexity index is 1310. The summed E-state index contributed by atoms with van der Waals surface area (Å²) >= 11 is 0. The number of ether oxygens (including phenoxy) is 3. The Balaban J connectivity index is 1.43. The molecule has 0 aliphatic rings. The van der Waals surface area contributed by atoms with Crippen LogP contribution in [-0.2, 0) is 16.0 Å². The number of para-hydroxylation sites is 1. The fraction of sp³-hybridized carbons (Fsp3) is 0.214. The van der Waals surface area contributed by atoms with Crippen molar-refractivity contribution in [1.82, 2.24) is 4.57 Å². The molecule has 35 heavy (non-hydrogen) atoms. The number of methoxy groups -OCH3 is 1. The van der Waals surface area contributed by atoms with Crippen molar-refractivity contribution in [2.24, 2.45) is 0 Å². The maximum atomic E-state index is 13.3. The van der Waals surface area contributed by atoms with Crippen LogP contribution in [0.3, 0.4) is 0 Å². The minimum absolute atomic E-state index is 0.0973. The van der Waals surface area contributed by atoms with E-state index in [1.165, 1.54) is 0 Å². The predicted molar refractivity (Wildman–Crippen MR) is 132 cm³/mol. The zero-order valence-electron chi connectivity index (χ0n) is 19.6. The lowest BCUT2D eigenvalue weighted by Gasteiger charge is -2.17. The van der Waals surface area contributed by atoms with Gasteiger partial charge in [-0.2, -0.15) is 0 Å². The minimum Gasteiger partial charge on any atom is -0.491 e. The highest BCUT2D eigenvalue weighted by molar-refractivity contribution is 6.04. The van der Waals surface area contributed by atoms with E-state index in [1.807, 2.05) is 49.4 Å². The molecule has 7 heteroatoms. The van der Waals surface area contributed by atoms with E-state index in [4.69, 9.17) is 14.2 Å². The zero-order chi connectivity index (χ0) is 24.8. The van der Waals surface area contributed by atoms with Gasteiger partial charge in [-0.3, -0.25) is 14.2 Å². The van der Waals surface area contributed by atoms with Gasteiger partial charge in [0.15, 0.2) is 0 Å². The molecule has 4 aromatic rings. The standard InChI is InChI=1S/C28H27NO6/c1-19-15-25-21(16-27(30)31)7-6-10-26(25)29(19)28(32)20-11-13-23(14-12-20)35-18-24(33-2)17-34-22-8-4-3-5-9-22/h3-15,24H,16-18H2,1-2H3,(H,30,31). The van der Waals surface area contributed by atoms with Gasteiger partial charge >= 0.3 is 5.97 Å². The Morgan fingerprint density at radius 3 is 2.17 bits per heavy atom. The second kappa shape index (κ2) is 10.9. The van der Waals surface area contributed by atoms with Gasteiger partial charge in [-0.05, 0) is 61.0 Å². The van der Waals surface area contributed by atoms with Gasteiger partial charge in [0, 0.05) is 23.8 Å². The quantitative estimate of drug-likeness (QED) is 0.358. The molecule has 3 aromatic carbocycles. The number of aliphatic carboxylic acids is 1. The number of hydrogen-bond donors (Lipinski definition) is 1. The van der Waals surface area contributed by atoms with Crippen molar-refractivity contribution < 1.29 is 28.9 Å². The molecule has 1 heterocycles. The monoisotopic (exact) mass is 473 g/mol. The number of carbonyl (C=O) groups excluding carboxylic acids is 1. The van der Waals surface area contributed by atoms with E-state index in [9.17, 15) is 14.7 Å². The highest BCUT2D eigenvalue weighted by Crippen LogP contribution is 2.25. The lowest BCUT2D eigenvalue weighted by Crippen LogP contribution is -2.27. The molecule has 0 fully saturated rings. The number of carbonyl (C=O) groups is 2. The van der Waals surface area contributed by atoms with Crippen LogP contribution >= 0.6 is 0 Å². The third-order valence-corrected chi connectivity index (χ3v) is 5.71. The molecule has 1 aromatic heterocycles. The van der Waals surface area contributed by atoms with E-state index in [1.54, 1.807) is 48.1 Å². The summed E-state index contributed by atoms with van der Waals surface area (Å²) in [4.78, 5) is 24.5. The van der Waals surface area contributed by atoms with Crippen LogP contribution < -0.4 is 9.47 Å². The lowest BCUT2D eigenvalue weighted by molar-refractivity contribution is -0.136.